The molecule has 3 aromatic heterocycles. The van der Waals surface area contributed by atoms with E-state index in [1.54, 1.807) is 18.5 Å². The van der Waals surface area contributed by atoms with Gasteiger partial charge in [0.1, 0.15) is 0 Å². The van der Waals surface area contributed by atoms with Crippen LogP contribution >= 0.6 is 35.8 Å². The third-order valence-electron chi connectivity index (χ3n) is 3.36. The number of hydrogen-bond acceptors (Lipinski definition) is 4. The van der Waals surface area contributed by atoms with Gasteiger partial charge in [-0.25, -0.2) is 0 Å². The van der Waals surface area contributed by atoms with E-state index in [9.17, 15) is 0 Å². The molecule has 0 unspecified atom stereocenters. The van der Waals surface area contributed by atoms with E-state index < -0.39 is 0 Å². The third kappa shape index (κ3) is 2.01. The molecule has 4 aromatic rings. The highest BCUT2D eigenvalue weighted by Gasteiger charge is 2.20. The van der Waals surface area contributed by atoms with E-state index in [-0.39, 0.29) is 0 Å². The van der Waals surface area contributed by atoms with Crippen LogP contribution in [0.4, 0.5) is 0 Å². The minimum absolute atomic E-state index is 0.427. The number of halogens is 2. The average Bonchev–Trinajstić information content (AvgIpc) is 3.20. The summed E-state index contributed by atoms with van der Waals surface area (Å²) in [6, 6.07) is 3.67. The minimum Gasteiger partial charge on any atom is -0.350 e. The van der Waals surface area contributed by atoms with Crippen LogP contribution < -0.4 is 0 Å². The molecule has 3 heterocycles. The summed E-state index contributed by atoms with van der Waals surface area (Å²) in [6.45, 7) is 0. The molecule has 0 atom stereocenters. The molecule has 0 amide bonds. The lowest BCUT2D eigenvalue weighted by atomic mass is 10.0. The van der Waals surface area contributed by atoms with Gasteiger partial charge < -0.3 is 9.97 Å². The number of nitrogens with zero attached hydrogens (tertiary/aromatic N) is 3. The number of nitrogens with one attached hydrogen (secondary N) is 3. The number of rotatable bonds is 2. The summed E-state index contributed by atoms with van der Waals surface area (Å²) >= 11 is 16.6. The fourth-order valence-corrected chi connectivity index (χ4v) is 2.95. The summed E-state index contributed by atoms with van der Waals surface area (Å²) < 4.78 is 0. The molecule has 9 heteroatoms. The van der Waals surface area contributed by atoms with Crippen molar-refractivity contribution >= 4 is 46.7 Å². The Morgan fingerprint density at radius 2 is 1.95 bits per heavy atom. The van der Waals surface area contributed by atoms with E-state index >= 15 is 0 Å². The number of thiol groups is 1. The van der Waals surface area contributed by atoms with E-state index in [4.69, 9.17) is 23.2 Å². The smallest absolute Gasteiger partial charge is 0.185 e. The molecule has 0 fully saturated rings. The van der Waals surface area contributed by atoms with Crippen LogP contribution in [0.25, 0.3) is 33.5 Å². The van der Waals surface area contributed by atoms with Gasteiger partial charge in [0.25, 0.3) is 0 Å². The molecular formula is C13H8Cl2N6S. The van der Waals surface area contributed by atoms with Gasteiger partial charge in [0.05, 0.1) is 27.5 Å². The first-order valence-corrected chi connectivity index (χ1v) is 7.46. The van der Waals surface area contributed by atoms with Gasteiger partial charge in [0, 0.05) is 22.7 Å². The van der Waals surface area contributed by atoms with Crippen LogP contribution in [0.2, 0.25) is 10.0 Å². The van der Waals surface area contributed by atoms with Crippen molar-refractivity contribution in [2.45, 2.75) is 5.16 Å². The summed E-state index contributed by atoms with van der Waals surface area (Å²) in [5.41, 5.74) is 3.29. The Hall–Kier alpha value is -1.96. The SMILES string of the molecule is Sc1nnc(-c2[nH]c3c(Cl)c(Cl)ccc3c2-c2cn[nH]c2)[nH]1. The number of benzene rings is 1. The monoisotopic (exact) mass is 350 g/mol. The minimum atomic E-state index is 0.427. The number of aromatic nitrogens is 6. The van der Waals surface area contributed by atoms with Crippen LogP contribution in [-0.4, -0.2) is 30.4 Å². The molecular weight excluding hydrogens is 343 g/mol. The molecule has 0 spiro atoms. The summed E-state index contributed by atoms with van der Waals surface area (Å²) in [4.78, 5) is 6.26. The Morgan fingerprint density at radius 3 is 2.64 bits per heavy atom. The topological polar surface area (TPSA) is 86.0 Å². The van der Waals surface area contributed by atoms with Gasteiger partial charge in [-0.2, -0.15) is 5.10 Å². The number of H-pyrrole nitrogens is 3. The fraction of sp³-hybridized carbons (Fsp3) is 0. The van der Waals surface area contributed by atoms with Crippen LogP contribution in [-0.2, 0) is 0 Å². The Bertz CT molecular complexity index is 972. The molecule has 0 saturated heterocycles. The van der Waals surface area contributed by atoms with Gasteiger partial charge in [-0.1, -0.05) is 29.3 Å². The highest BCUT2D eigenvalue weighted by Crippen LogP contribution is 2.41. The van der Waals surface area contributed by atoms with Crippen molar-refractivity contribution in [3.05, 3.63) is 34.6 Å². The van der Waals surface area contributed by atoms with Crippen LogP contribution in [0.3, 0.4) is 0 Å². The molecule has 0 aliphatic carbocycles. The second-order valence-corrected chi connectivity index (χ2v) is 5.85. The summed E-state index contributed by atoms with van der Waals surface area (Å²) in [5.74, 6) is 0.560. The number of fused-ring (bicyclic) bond motifs is 1. The molecule has 0 saturated carbocycles. The lowest BCUT2D eigenvalue weighted by Crippen LogP contribution is -1.84. The van der Waals surface area contributed by atoms with E-state index in [0.717, 1.165) is 27.7 Å². The van der Waals surface area contributed by atoms with Gasteiger partial charge >= 0.3 is 0 Å². The van der Waals surface area contributed by atoms with Crippen LogP contribution in [0.15, 0.2) is 29.7 Å². The molecule has 4 rings (SSSR count). The molecule has 0 aliphatic rings. The van der Waals surface area contributed by atoms with Crippen molar-refractivity contribution in [2.75, 3.05) is 0 Å². The third-order valence-corrected chi connectivity index (χ3v) is 4.37. The van der Waals surface area contributed by atoms with E-state index in [1.165, 1.54) is 0 Å². The van der Waals surface area contributed by atoms with E-state index in [0.29, 0.717) is 21.0 Å². The maximum atomic E-state index is 6.32. The van der Waals surface area contributed by atoms with Crippen LogP contribution in [0, 0.1) is 0 Å². The number of aromatic amines is 3. The molecule has 0 aliphatic heterocycles. The Labute approximate surface area is 139 Å². The predicted octanol–water partition coefficient (Wildman–Crippen LogP) is 3.94. The molecule has 0 bridgehead atoms. The van der Waals surface area contributed by atoms with Crippen molar-refractivity contribution in [3.63, 3.8) is 0 Å². The summed E-state index contributed by atoms with van der Waals surface area (Å²) in [5, 5.41) is 17.1. The lowest BCUT2D eigenvalue weighted by molar-refractivity contribution is 0.980. The van der Waals surface area contributed by atoms with E-state index in [2.05, 4.69) is 43.0 Å². The van der Waals surface area contributed by atoms with Crippen molar-refractivity contribution in [2.24, 2.45) is 0 Å². The van der Waals surface area contributed by atoms with Gasteiger partial charge in [0.15, 0.2) is 11.0 Å². The summed E-state index contributed by atoms with van der Waals surface area (Å²) in [7, 11) is 0. The van der Waals surface area contributed by atoms with Gasteiger partial charge in [-0.05, 0) is 6.07 Å². The normalized spacial score (nSPS) is 11.4. The van der Waals surface area contributed by atoms with Gasteiger partial charge in [-0.3, -0.25) is 5.10 Å². The maximum Gasteiger partial charge on any atom is 0.185 e. The first-order valence-electron chi connectivity index (χ1n) is 6.26. The molecule has 110 valence electrons. The first kappa shape index (κ1) is 13.7. The lowest BCUT2D eigenvalue weighted by Gasteiger charge is -1.99. The zero-order valence-corrected chi connectivity index (χ0v) is 13.3. The maximum absolute atomic E-state index is 6.32. The zero-order valence-electron chi connectivity index (χ0n) is 10.9. The standard InChI is InChI=1S/C13H8Cl2N6S/c14-7-2-1-6-8(5-3-16-17-4-5)11(18-10(6)9(7)15)12-19-13(22)21-20-12/h1-4,18H,(H,16,17)(H2,19,20,21,22). The highest BCUT2D eigenvalue weighted by atomic mass is 35.5. The molecule has 1 aromatic carbocycles. The Balaban J connectivity index is 2.11. The number of hydrogen-bond donors (Lipinski definition) is 4. The van der Waals surface area contributed by atoms with Gasteiger partial charge in [0.2, 0.25) is 0 Å². The Kier molecular flexibility index (Phi) is 3.14. The molecule has 0 radical (unpaired) electrons. The molecule has 3 N–H and O–H groups in total. The van der Waals surface area contributed by atoms with Crippen molar-refractivity contribution in [1.29, 1.82) is 0 Å². The highest BCUT2D eigenvalue weighted by molar-refractivity contribution is 7.80. The predicted molar refractivity (Wildman–Crippen MR) is 88.5 cm³/mol. The zero-order chi connectivity index (χ0) is 15.3. The quantitative estimate of drug-likeness (QED) is 0.413. The average molecular weight is 351 g/mol. The van der Waals surface area contributed by atoms with E-state index in [1.807, 2.05) is 6.07 Å². The van der Waals surface area contributed by atoms with Crippen LogP contribution in [0.1, 0.15) is 0 Å². The summed E-state index contributed by atoms with van der Waals surface area (Å²) in [6.07, 6.45) is 3.53. The first-order chi connectivity index (χ1) is 10.6. The largest absolute Gasteiger partial charge is 0.350 e. The van der Waals surface area contributed by atoms with Crippen molar-refractivity contribution in [1.82, 2.24) is 30.4 Å². The second-order valence-electron chi connectivity index (χ2n) is 4.64. The fourth-order valence-electron chi connectivity index (χ4n) is 2.43. The molecule has 6 nitrogen and oxygen atoms in total. The van der Waals surface area contributed by atoms with Crippen molar-refractivity contribution in [3.8, 4) is 22.6 Å². The Morgan fingerprint density at radius 1 is 1.09 bits per heavy atom. The van der Waals surface area contributed by atoms with Crippen LogP contribution in [0.5, 0.6) is 0 Å². The second kappa shape index (κ2) is 5.05. The van der Waals surface area contributed by atoms with Crippen molar-refractivity contribution < 1.29 is 0 Å². The van der Waals surface area contributed by atoms with Gasteiger partial charge in [-0.15, -0.1) is 22.8 Å². The molecule has 22 heavy (non-hydrogen) atoms.